The van der Waals surface area contributed by atoms with Crippen LogP contribution in [-0.4, -0.2) is 41.1 Å². The monoisotopic (exact) mass is 334 g/mol. The molecule has 0 saturated carbocycles. The Morgan fingerprint density at radius 1 is 1.33 bits per heavy atom. The average molecular weight is 334 g/mol. The maximum Gasteiger partial charge on any atom is 0.407 e. The first kappa shape index (κ1) is 17.6. The van der Waals surface area contributed by atoms with Gasteiger partial charge in [-0.05, 0) is 39.0 Å². The number of hydrogen-bond donors (Lipinski definition) is 2. The van der Waals surface area contributed by atoms with Gasteiger partial charge >= 0.3 is 12.1 Å². The van der Waals surface area contributed by atoms with Gasteiger partial charge in [0.2, 0.25) is 0 Å². The summed E-state index contributed by atoms with van der Waals surface area (Å²) in [7, 11) is 1.30. The minimum Gasteiger partial charge on any atom is -0.464 e. The molecule has 2 rings (SSSR count). The molecule has 3 N–H and O–H groups in total. The number of anilines is 1. The number of aromatic nitrogens is 2. The van der Waals surface area contributed by atoms with Crippen LogP contribution in [0.3, 0.4) is 0 Å². The van der Waals surface area contributed by atoms with Crippen LogP contribution in [0.25, 0.3) is 10.9 Å². The van der Waals surface area contributed by atoms with E-state index >= 15 is 0 Å². The topological polar surface area (TPSA) is 108 Å². The summed E-state index contributed by atoms with van der Waals surface area (Å²) >= 11 is 0. The number of nitrogen functional groups attached to an aromatic ring is 1. The van der Waals surface area contributed by atoms with Gasteiger partial charge in [-0.3, -0.25) is 4.68 Å². The van der Waals surface area contributed by atoms with E-state index in [4.69, 9.17) is 15.2 Å². The summed E-state index contributed by atoms with van der Waals surface area (Å²) in [4.78, 5) is 23.5. The Labute approximate surface area is 139 Å². The van der Waals surface area contributed by atoms with Crippen molar-refractivity contribution < 1.29 is 19.1 Å². The molecule has 8 heteroatoms. The lowest BCUT2D eigenvalue weighted by atomic mass is 10.2. The molecule has 2 aromatic rings. The molecule has 1 heterocycles. The third kappa shape index (κ3) is 4.15. The molecule has 8 nitrogen and oxygen atoms in total. The highest BCUT2D eigenvalue weighted by molar-refractivity contribution is 6.02. The number of nitrogens with two attached hydrogens (primary N) is 1. The van der Waals surface area contributed by atoms with E-state index in [1.165, 1.54) is 7.11 Å². The van der Waals surface area contributed by atoms with E-state index in [9.17, 15) is 9.59 Å². The second-order valence-electron chi connectivity index (χ2n) is 6.27. The molecule has 1 aromatic carbocycles. The number of rotatable bonds is 4. The number of amides is 1. The van der Waals surface area contributed by atoms with Gasteiger partial charge in [-0.1, -0.05) is 0 Å². The van der Waals surface area contributed by atoms with Crippen molar-refractivity contribution in [3.05, 3.63) is 23.9 Å². The largest absolute Gasteiger partial charge is 0.464 e. The number of carbonyl (C=O) groups is 2. The molecule has 1 aromatic heterocycles. The Morgan fingerprint density at radius 2 is 2.04 bits per heavy atom. The first-order valence-electron chi connectivity index (χ1n) is 7.52. The van der Waals surface area contributed by atoms with Crippen molar-refractivity contribution in [1.29, 1.82) is 0 Å². The molecule has 0 radical (unpaired) electrons. The van der Waals surface area contributed by atoms with Crippen molar-refractivity contribution in [1.82, 2.24) is 15.1 Å². The second kappa shape index (κ2) is 6.77. The highest BCUT2D eigenvalue weighted by Gasteiger charge is 2.19. The van der Waals surface area contributed by atoms with Crippen molar-refractivity contribution in [2.24, 2.45) is 0 Å². The zero-order chi connectivity index (χ0) is 17.9. The highest BCUT2D eigenvalue weighted by Crippen LogP contribution is 2.22. The van der Waals surface area contributed by atoms with E-state index < -0.39 is 17.7 Å². The zero-order valence-electron chi connectivity index (χ0n) is 14.3. The lowest BCUT2D eigenvalue weighted by molar-refractivity contribution is 0.0523. The van der Waals surface area contributed by atoms with Crippen LogP contribution < -0.4 is 11.1 Å². The molecule has 24 heavy (non-hydrogen) atoms. The van der Waals surface area contributed by atoms with Crippen LogP contribution in [0.15, 0.2) is 18.2 Å². The smallest absolute Gasteiger partial charge is 0.407 e. The molecule has 0 spiro atoms. The molecule has 0 saturated heterocycles. The lowest BCUT2D eigenvalue weighted by Gasteiger charge is -2.19. The van der Waals surface area contributed by atoms with E-state index in [1.807, 2.05) is 0 Å². The van der Waals surface area contributed by atoms with Crippen LogP contribution in [0.2, 0.25) is 0 Å². The first-order chi connectivity index (χ1) is 11.2. The number of ether oxygens (including phenoxy) is 2. The summed E-state index contributed by atoms with van der Waals surface area (Å²) in [6.45, 7) is 6.02. The number of nitrogens with zero attached hydrogens (tertiary/aromatic N) is 2. The molecular weight excluding hydrogens is 312 g/mol. The van der Waals surface area contributed by atoms with Gasteiger partial charge in [0.25, 0.3) is 0 Å². The second-order valence-corrected chi connectivity index (χ2v) is 6.27. The fourth-order valence-corrected chi connectivity index (χ4v) is 2.19. The third-order valence-electron chi connectivity index (χ3n) is 3.15. The highest BCUT2D eigenvalue weighted by atomic mass is 16.6. The summed E-state index contributed by atoms with van der Waals surface area (Å²) in [5.41, 5.74) is 6.71. The Balaban J connectivity index is 2.15. The number of nitrogens with one attached hydrogen (secondary N) is 1. The third-order valence-corrected chi connectivity index (χ3v) is 3.15. The van der Waals surface area contributed by atoms with Gasteiger partial charge in [0.15, 0.2) is 5.69 Å². The van der Waals surface area contributed by atoms with Gasteiger partial charge < -0.3 is 20.5 Å². The zero-order valence-corrected chi connectivity index (χ0v) is 14.3. The maximum absolute atomic E-state index is 11.8. The van der Waals surface area contributed by atoms with Crippen molar-refractivity contribution in [2.75, 3.05) is 19.4 Å². The standard InChI is InChI=1S/C16H22N4O4/c1-16(2,3)24-15(22)18-7-8-20-12-9-10(17)5-6-11(12)13(19-20)14(21)23-4/h5-6,9H,7-8,17H2,1-4H3,(H,18,22). The van der Waals surface area contributed by atoms with E-state index in [-0.39, 0.29) is 5.69 Å². The summed E-state index contributed by atoms with van der Waals surface area (Å²) in [5.74, 6) is -0.524. The fourth-order valence-electron chi connectivity index (χ4n) is 2.19. The molecule has 130 valence electrons. The van der Waals surface area contributed by atoms with Gasteiger partial charge in [-0.25, -0.2) is 9.59 Å². The molecule has 0 aliphatic heterocycles. The van der Waals surface area contributed by atoms with Gasteiger partial charge in [-0.2, -0.15) is 5.10 Å². The van der Waals surface area contributed by atoms with Gasteiger partial charge in [0.05, 0.1) is 19.2 Å². The number of fused-ring (bicyclic) bond motifs is 1. The molecule has 0 aliphatic rings. The quantitative estimate of drug-likeness (QED) is 0.653. The minimum atomic E-state index is -0.561. The van der Waals surface area contributed by atoms with Crippen LogP contribution in [0.4, 0.5) is 10.5 Å². The van der Waals surface area contributed by atoms with Crippen molar-refractivity contribution in [3.8, 4) is 0 Å². The SMILES string of the molecule is COC(=O)c1nn(CCNC(=O)OC(C)(C)C)c2cc(N)ccc12. The molecule has 0 atom stereocenters. The predicted molar refractivity (Wildman–Crippen MR) is 89.7 cm³/mol. The number of hydrogen-bond acceptors (Lipinski definition) is 6. The Kier molecular flexibility index (Phi) is 4.96. The molecule has 1 amide bonds. The van der Waals surface area contributed by atoms with Crippen molar-refractivity contribution in [3.63, 3.8) is 0 Å². The Morgan fingerprint density at radius 3 is 2.67 bits per heavy atom. The molecule has 0 aliphatic carbocycles. The average Bonchev–Trinajstić information content (AvgIpc) is 2.83. The first-order valence-corrected chi connectivity index (χ1v) is 7.52. The van der Waals surface area contributed by atoms with Gasteiger partial charge in [0, 0.05) is 17.6 Å². The van der Waals surface area contributed by atoms with Gasteiger partial charge in [0.1, 0.15) is 5.60 Å². The van der Waals surface area contributed by atoms with Crippen LogP contribution in [0.5, 0.6) is 0 Å². The number of carbonyl (C=O) groups excluding carboxylic acids is 2. The number of benzene rings is 1. The number of alkyl carbamates (subject to hydrolysis) is 1. The number of esters is 1. The Hall–Kier alpha value is -2.77. The van der Waals surface area contributed by atoms with E-state index in [0.717, 1.165) is 0 Å². The van der Waals surface area contributed by atoms with Crippen molar-refractivity contribution >= 4 is 28.7 Å². The van der Waals surface area contributed by atoms with E-state index in [2.05, 4.69) is 10.4 Å². The van der Waals surface area contributed by atoms with E-state index in [1.54, 1.807) is 43.7 Å². The van der Waals surface area contributed by atoms with Crippen molar-refractivity contribution in [2.45, 2.75) is 32.9 Å². The molecular formula is C16H22N4O4. The lowest BCUT2D eigenvalue weighted by Crippen LogP contribution is -2.34. The molecule has 0 unspecified atom stereocenters. The van der Waals surface area contributed by atoms with Crippen LogP contribution in [-0.2, 0) is 16.0 Å². The van der Waals surface area contributed by atoms with Crippen LogP contribution >= 0.6 is 0 Å². The molecule has 0 fully saturated rings. The molecule has 0 bridgehead atoms. The summed E-state index contributed by atoms with van der Waals surface area (Å²) in [5, 5.41) is 7.56. The summed E-state index contributed by atoms with van der Waals surface area (Å²) in [6, 6.07) is 5.14. The summed E-state index contributed by atoms with van der Waals surface area (Å²) < 4.78 is 11.5. The summed E-state index contributed by atoms with van der Waals surface area (Å²) in [6.07, 6.45) is -0.508. The van der Waals surface area contributed by atoms with Gasteiger partial charge in [-0.15, -0.1) is 0 Å². The Bertz CT molecular complexity index is 761. The van der Waals surface area contributed by atoms with Crippen LogP contribution in [0.1, 0.15) is 31.3 Å². The maximum atomic E-state index is 11.8. The normalized spacial score (nSPS) is 11.3. The van der Waals surface area contributed by atoms with Crippen LogP contribution in [0, 0.1) is 0 Å². The predicted octanol–water partition coefficient (Wildman–Crippen LogP) is 1.93. The number of methoxy groups -OCH3 is 1. The minimum absolute atomic E-state index is 0.213. The van der Waals surface area contributed by atoms with E-state index in [0.29, 0.717) is 29.7 Å². The fraction of sp³-hybridized carbons (Fsp3) is 0.438.